The average molecular weight is 346 g/mol. The van der Waals surface area contributed by atoms with Crippen LogP contribution in [0, 0.1) is 0 Å². The summed E-state index contributed by atoms with van der Waals surface area (Å²) in [5.74, 6) is -2.81. The zero-order chi connectivity index (χ0) is 18.6. The summed E-state index contributed by atoms with van der Waals surface area (Å²) in [5, 5.41) is 24.3. The summed E-state index contributed by atoms with van der Waals surface area (Å²) in [6, 6.07) is 0. The second kappa shape index (κ2) is 19.5. The van der Waals surface area contributed by atoms with Gasteiger partial charge in [-0.3, -0.25) is 14.4 Å². The first kappa shape index (κ1) is 24.7. The predicted octanol–water partition coefficient (Wildman–Crippen LogP) is 4.71. The molecule has 3 N–H and O–H groups in total. The molecule has 0 amide bonds. The molecule has 142 valence electrons. The molecule has 6 heteroatoms. The normalized spacial score (nSPS) is 9.88. The minimum Gasteiger partial charge on any atom is -0.481 e. The molecule has 0 radical (unpaired) electrons. The van der Waals surface area contributed by atoms with Crippen molar-refractivity contribution in [3.8, 4) is 0 Å². The standard InChI is InChI=1S/C14H28O2.C4H6O4/c1-2-3-4-5-6-7-8-9-10-11-12-13-14(15)16;5-3(6)1-2-4(7)8/h2-13H2,1H3,(H,15,16);1-2H2,(H,5,6)(H,7,8). The number of rotatable bonds is 15. The van der Waals surface area contributed by atoms with Gasteiger partial charge in [0.15, 0.2) is 0 Å². The molecule has 0 heterocycles. The number of hydrogen-bond donors (Lipinski definition) is 3. The molecule has 0 saturated heterocycles. The Balaban J connectivity index is 0. The Morgan fingerprint density at radius 3 is 1.08 bits per heavy atom. The highest BCUT2D eigenvalue weighted by Gasteiger charge is 2.00. The topological polar surface area (TPSA) is 112 Å². The summed E-state index contributed by atoms with van der Waals surface area (Å²) in [7, 11) is 0. The van der Waals surface area contributed by atoms with Gasteiger partial charge in [-0.25, -0.2) is 0 Å². The third kappa shape index (κ3) is 28.6. The first-order valence-electron chi connectivity index (χ1n) is 9.05. The Morgan fingerprint density at radius 2 is 0.792 bits per heavy atom. The molecule has 0 aliphatic heterocycles. The number of carbonyl (C=O) groups is 3. The third-order valence-corrected chi connectivity index (χ3v) is 3.55. The fourth-order valence-corrected chi connectivity index (χ4v) is 2.15. The maximum absolute atomic E-state index is 10.3. The fraction of sp³-hybridized carbons (Fsp3) is 0.833. The average Bonchev–Trinajstić information content (AvgIpc) is 2.51. The van der Waals surface area contributed by atoms with Crippen molar-refractivity contribution in [3.63, 3.8) is 0 Å². The van der Waals surface area contributed by atoms with Crippen LogP contribution >= 0.6 is 0 Å². The molecule has 0 aliphatic rings. The molecule has 0 bridgehead atoms. The van der Waals surface area contributed by atoms with Gasteiger partial charge in [0.1, 0.15) is 0 Å². The molecular formula is C18H34O6. The SMILES string of the molecule is CCCCCCCCCCCCCC(=O)O.O=C(O)CCC(=O)O. The molecule has 0 aromatic rings. The quantitative estimate of drug-likeness (QED) is 0.370. The van der Waals surface area contributed by atoms with Gasteiger partial charge in [-0.1, -0.05) is 71.1 Å². The van der Waals surface area contributed by atoms with Crippen molar-refractivity contribution in [2.45, 2.75) is 96.8 Å². The largest absolute Gasteiger partial charge is 0.481 e. The Kier molecular flexibility index (Phi) is 20.0. The van der Waals surface area contributed by atoms with Crippen molar-refractivity contribution >= 4 is 17.9 Å². The predicted molar refractivity (Wildman–Crippen MR) is 93.2 cm³/mol. The first-order chi connectivity index (χ1) is 11.4. The number of hydrogen-bond acceptors (Lipinski definition) is 3. The molecule has 6 nitrogen and oxygen atoms in total. The van der Waals surface area contributed by atoms with Gasteiger partial charge in [-0.05, 0) is 6.42 Å². The zero-order valence-electron chi connectivity index (χ0n) is 15.0. The minimum atomic E-state index is -1.08. The number of unbranched alkanes of at least 4 members (excludes halogenated alkanes) is 10. The van der Waals surface area contributed by atoms with E-state index in [9.17, 15) is 14.4 Å². The summed E-state index contributed by atoms with van der Waals surface area (Å²) in [5.41, 5.74) is 0. The van der Waals surface area contributed by atoms with E-state index in [2.05, 4.69) is 6.92 Å². The Labute approximate surface area is 145 Å². The molecule has 0 spiro atoms. The van der Waals surface area contributed by atoms with Crippen molar-refractivity contribution in [1.82, 2.24) is 0 Å². The summed E-state index contributed by atoms with van der Waals surface area (Å²) >= 11 is 0. The molecule has 0 unspecified atom stereocenters. The lowest BCUT2D eigenvalue weighted by Crippen LogP contribution is -2.00. The molecule has 0 aromatic carbocycles. The van der Waals surface area contributed by atoms with Gasteiger partial charge >= 0.3 is 17.9 Å². The highest BCUT2D eigenvalue weighted by molar-refractivity contribution is 5.75. The van der Waals surface area contributed by atoms with Crippen molar-refractivity contribution < 1.29 is 29.7 Å². The molecule has 0 saturated carbocycles. The van der Waals surface area contributed by atoms with Crippen LogP contribution in [0.2, 0.25) is 0 Å². The Bertz CT molecular complexity index is 313. The van der Waals surface area contributed by atoms with Crippen LogP contribution in [0.3, 0.4) is 0 Å². The number of carboxylic acids is 3. The van der Waals surface area contributed by atoms with Crippen LogP contribution in [-0.4, -0.2) is 33.2 Å². The van der Waals surface area contributed by atoms with Crippen LogP contribution < -0.4 is 0 Å². The lowest BCUT2D eigenvalue weighted by molar-refractivity contribution is -0.143. The van der Waals surface area contributed by atoms with Gasteiger partial charge in [0, 0.05) is 6.42 Å². The highest BCUT2D eigenvalue weighted by atomic mass is 16.4. The van der Waals surface area contributed by atoms with Crippen LogP contribution in [0.4, 0.5) is 0 Å². The van der Waals surface area contributed by atoms with Crippen molar-refractivity contribution in [3.05, 3.63) is 0 Å². The minimum absolute atomic E-state index is 0.296. The van der Waals surface area contributed by atoms with E-state index in [-0.39, 0.29) is 12.8 Å². The van der Waals surface area contributed by atoms with E-state index in [1.54, 1.807) is 0 Å². The lowest BCUT2D eigenvalue weighted by atomic mass is 10.1. The zero-order valence-corrected chi connectivity index (χ0v) is 15.0. The van der Waals surface area contributed by atoms with Gasteiger partial charge in [0.05, 0.1) is 12.8 Å². The smallest absolute Gasteiger partial charge is 0.303 e. The molecule has 0 fully saturated rings. The molecule has 0 atom stereocenters. The van der Waals surface area contributed by atoms with E-state index in [1.807, 2.05) is 0 Å². The van der Waals surface area contributed by atoms with E-state index >= 15 is 0 Å². The molecule has 24 heavy (non-hydrogen) atoms. The van der Waals surface area contributed by atoms with Crippen LogP contribution in [0.15, 0.2) is 0 Å². The van der Waals surface area contributed by atoms with Gasteiger partial charge in [-0.15, -0.1) is 0 Å². The molecule has 0 rings (SSSR count). The van der Waals surface area contributed by atoms with Crippen LogP contribution in [0.25, 0.3) is 0 Å². The summed E-state index contributed by atoms with van der Waals surface area (Å²) in [6.07, 6.45) is 13.8. The van der Waals surface area contributed by atoms with E-state index in [4.69, 9.17) is 15.3 Å². The second-order valence-corrected chi connectivity index (χ2v) is 5.97. The van der Waals surface area contributed by atoms with E-state index in [0.29, 0.717) is 6.42 Å². The van der Waals surface area contributed by atoms with Gasteiger partial charge < -0.3 is 15.3 Å². The van der Waals surface area contributed by atoms with E-state index in [0.717, 1.165) is 12.8 Å². The summed E-state index contributed by atoms with van der Waals surface area (Å²) < 4.78 is 0. The van der Waals surface area contributed by atoms with Gasteiger partial charge in [0.25, 0.3) is 0 Å². The maximum atomic E-state index is 10.3. The first-order valence-corrected chi connectivity index (χ1v) is 9.05. The fourth-order valence-electron chi connectivity index (χ4n) is 2.15. The van der Waals surface area contributed by atoms with Crippen LogP contribution in [0.5, 0.6) is 0 Å². The van der Waals surface area contributed by atoms with Crippen molar-refractivity contribution in [1.29, 1.82) is 0 Å². The third-order valence-electron chi connectivity index (χ3n) is 3.55. The van der Waals surface area contributed by atoms with Gasteiger partial charge in [-0.2, -0.15) is 0 Å². The van der Waals surface area contributed by atoms with E-state index in [1.165, 1.54) is 57.8 Å². The summed E-state index contributed by atoms with van der Waals surface area (Å²) in [4.78, 5) is 29.5. The molecule has 0 aliphatic carbocycles. The molecular weight excluding hydrogens is 312 g/mol. The van der Waals surface area contributed by atoms with Crippen molar-refractivity contribution in [2.75, 3.05) is 0 Å². The second-order valence-electron chi connectivity index (χ2n) is 5.97. The number of aliphatic carboxylic acids is 3. The highest BCUT2D eigenvalue weighted by Crippen LogP contribution is 2.11. The van der Waals surface area contributed by atoms with E-state index < -0.39 is 17.9 Å². The lowest BCUT2D eigenvalue weighted by Gasteiger charge is -2.01. The van der Waals surface area contributed by atoms with Gasteiger partial charge in [0.2, 0.25) is 0 Å². The van der Waals surface area contributed by atoms with Crippen molar-refractivity contribution in [2.24, 2.45) is 0 Å². The Morgan fingerprint density at radius 1 is 0.500 bits per heavy atom. The molecule has 0 aromatic heterocycles. The Hall–Kier alpha value is -1.59. The van der Waals surface area contributed by atoms with Crippen LogP contribution in [0.1, 0.15) is 96.8 Å². The number of carboxylic acid groups (broad SMARTS) is 3. The van der Waals surface area contributed by atoms with Crippen LogP contribution in [-0.2, 0) is 14.4 Å². The maximum Gasteiger partial charge on any atom is 0.303 e. The summed E-state index contributed by atoms with van der Waals surface area (Å²) in [6.45, 7) is 2.25. The monoisotopic (exact) mass is 346 g/mol.